The molecule has 0 aliphatic carbocycles. The molecule has 0 unspecified atom stereocenters. The molecule has 0 saturated heterocycles. The van der Waals surface area contributed by atoms with Crippen LogP contribution in [-0.4, -0.2) is 38.9 Å². The maximum atomic E-state index is 12.2. The van der Waals surface area contributed by atoms with Crippen LogP contribution in [0.2, 0.25) is 0 Å². The number of carbonyl (C=O) groups excluding carboxylic acids is 2. The zero-order valence-electron chi connectivity index (χ0n) is 14.5. The van der Waals surface area contributed by atoms with Gasteiger partial charge in [-0.1, -0.05) is 0 Å². The number of hydrogen-bond donors (Lipinski definition) is 3. The van der Waals surface area contributed by atoms with E-state index in [9.17, 15) is 9.59 Å². The van der Waals surface area contributed by atoms with Crippen LogP contribution < -0.4 is 15.6 Å². The third-order valence-electron chi connectivity index (χ3n) is 3.73. The molecule has 2 heterocycles. The molecule has 0 aliphatic rings. The Morgan fingerprint density at radius 2 is 1.81 bits per heavy atom. The fourth-order valence-corrected chi connectivity index (χ4v) is 2.42. The maximum absolute atomic E-state index is 12.2. The Labute approximate surface area is 149 Å². The number of nitrogens with one attached hydrogen (secondary N) is 3. The molecule has 3 N–H and O–H groups in total. The van der Waals surface area contributed by atoms with Gasteiger partial charge in [-0.05, 0) is 43.3 Å². The molecule has 0 spiro atoms. The van der Waals surface area contributed by atoms with E-state index >= 15 is 0 Å². The van der Waals surface area contributed by atoms with Gasteiger partial charge < -0.3 is 4.74 Å². The van der Waals surface area contributed by atoms with Crippen LogP contribution in [0.3, 0.4) is 0 Å². The van der Waals surface area contributed by atoms with Crippen LogP contribution in [0.15, 0.2) is 36.4 Å². The maximum Gasteiger partial charge on any atom is 0.287 e. The van der Waals surface area contributed by atoms with Crippen LogP contribution in [0.5, 0.6) is 5.75 Å². The number of carbonyl (C=O) groups is 2. The fourth-order valence-electron chi connectivity index (χ4n) is 2.42. The Morgan fingerprint density at radius 3 is 2.42 bits per heavy atom. The first-order chi connectivity index (χ1) is 12.5. The van der Waals surface area contributed by atoms with Crippen molar-refractivity contribution in [3.05, 3.63) is 53.5 Å². The largest absolute Gasteiger partial charge is 0.497 e. The molecule has 26 heavy (non-hydrogen) atoms. The summed E-state index contributed by atoms with van der Waals surface area (Å²) in [5, 5.41) is 10.8. The van der Waals surface area contributed by atoms with Crippen LogP contribution in [0.25, 0.3) is 11.3 Å². The number of hydrazine groups is 1. The Bertz CT molecular complexity index is 942. The third kappa shape index (κ3) is 3.56. The Kier molecular flexibility index (Phi) is 4.70. The van der Waals surface area contributed by atoms with Crippen LogP contribution in [-0.2, 0) is 7.05 Å². The van der Waals surface area contributed by atoms with Crippen molar-refractivity contribution in [3.63, 3.8) is 0 Å². The fraction of sp³-hybridized carbons (Fsp3) is 0.176. The van der Waals surface area contributed by atoms with Gasteiger partial charge in [0.2, 0.25) is 0 Å². The number of nitrogens with zero attached hydrogens (tertiary/aromatic N) is 3. The quantitative estimate of drug-likeness (QED) is 0.609. The predicted octanol–water partition coefficient (Wildman–Crippen LogP) is 1.20. The molecular formula is C17H18N6O3. The van der Waals surface area contributed by atoms with Crippen molar-refractivity contribution in [2.75, 3.05) is 7.11 Å². The summed E-state index contributed by atoms with van der Waals surface area (Å²) < 4.78 is 6.55. The van der Waals surface area contributed by atoms with E-state index in [0.29, 0.717) is 17.1 Å². The van der Waals surface area contributed by atoms with Crippen LogP contribution in [0, 0.1) is 6.92 Å². The number of H-pyrrole nitrogens is 1. The zero-order chi connectivity index (χ0) is 18.7. The highest BCUT2D eigenvalue weighted by Gasteiger charge is 2.15. The van der Waals surface area contributed by atoms with Crippen LogP contribution in [0.1, 0.15) is 26.7 Å². The highest BCUT2D eigenvalue weighted by molar-refractivity contribution is 5.97. The van der Waals surface area contributed by atoms with Crippen molar-refractivity contribution in [3.8, 4) is 17.0 Å². The van der Waals surface area contributed by atoms with Crippen molar-refractivity contribution in [1.82, 2.24) is 30.8 Å². The second-order valence-electron chi connectivity index (χ2n) is 5.60. The van der Waals surface area contributed by atoms with Crippen molar-refractivity contribution in [2.24, 2.45) is 7.05 Å². The van der Waals surface area contributed by atoms with Gasteiger partial charge in [-0.15, -0.1) is 0 Å². The van der Waals surface area contributed by atoms with Crippen LogP contribution >= 0.6 is 0 Å². The van der Waals surface area contributed by atoms with Gasteiger partial charge in [0.05, 0.1) is 18.5 Å². The van der Waals surface area contributed by atoms with Gasteiger partial charge in [0.1, 0.15) is 17.1 Å². The molecule has 0 saturated carbocycles. The van der Waals surface area contributed by atoms with Crippen molar-refractivity contribution >= 4 is 11.8 Å². The van der Waals surface area contributed by atoms with Crippen LogP contribution in [0.4, 0.5) is 0 Å². The Balaban J connectivity index is 1.64. The topological polar surface area (TPSA) is 114 Å². The minimum absolute atomic E-state index is 0.220. The highest BCUT2D eigenvalue weighted by Crippen LogP contribution is 2.21. The number of rotatable bonds is 4. The average Bonchev–Trinajstić information content (AvgIpc) is 3.26. The smallest absolute Gasteiger partial charge is 0.287 e. The third-order valence-corrected chi connectivity index (χ3v) is 3.73. The second-order valence-corrected chi connectivity index (χ2v) is 5.60. The standard InChI is InChI=1S/C17H18N6O3/c1-10-8-15(23(2)22-10)17(25)21-20-16(24)14-9-13(18-19-14)11-4-6-12(26-3)7-5-11/h4-9H,1-3H3,(H,18,19)(H,20,24)(H,21,25). The van der Waals surface area contributed by atoms with Gasteiger partial charge in [-0.25, -0.2) is 0 Å². The lowest BCUT2D eigenvalue weighted by Gasteiger charge is -2.05. The number of aromatic nitrogens is 4. The zero-order valence-corrected chi connectivity index (χ0v) is 14.5. The lowest BCUT2D eigenvalue weighted by Crippen LogP contribution is -2.42. The van der Waals surface area contributed by atoms with Gasteiger partial charge in [-0.3, -0.25) is 30.2 Å². The molecular weight excluding hydrogens is 336 g/mol. The summed E-state index contributed by atoms with van der Waals surface area (Å²) >= 11 is 0. The molecule has 2 aromatic heterocycles. The summed E-state index contributed by atoms with van der Waals surface area (Å²) in [5.74, 6) is -0.240. The van der Waals surface area contributed by atoms with E-state index in [2.05, 4.69) is 26.1 Å². The van der Waals surface area contributed by atoms with E-state index in [1.54, 1.807) is 45.3 Å². The molecule has 2 amide bonds. The summed E-state index contributed by atoms with van der Waals surface area (Å²) in [4.78, 5) is 24.3. The summed E-state index contributed by atoms with van der Waals surface area (Å²) in [6, 6.07) is 10.5. The summed E-state index contributed by atoms with van der Waals surface area (Å²) in [6.07, 6.45) is 0. The molecule has 0 atom stereocenters. The number of ether oxygens (including phenoxy) is 1. The predicted molar refractivity (Wildman–Crippen MR) is 93.5 cm³/mol. The first-order valence-corrected chi connectivity index (χ1v) is 7.79. The summed E-state index contributed by atoms with van der Waals surface area (Å²) in [7, 11) is 3.24. The molecule has 3 rings (SSSR count). The van der Waals surface area contributed by atoms with Gasteiger partial charge in [0.25, 0.3) is 11.8 Å². The Hall–Kier alpha value is -3.62. The van der Waals surface area contributed by atoms with Gasteiger partial charge in [0.15, 0.2) is 0 Å². The molecule has 0 aliphatic heterocycles. The SMILES string of the molecule is COc1ccc(-c2cc(C(=O)NNC(=O)c3cc(C)nn3C)[nH]n2)cc1. The highest BCUT2D eigenvalue weighted by atomic mass is 16.5. The normalized spacial score (nSPS) is 10.4. The number of methoxy groups -OCH3 is 1. The molecule has 1 aromatic carbocycles. The second kappa shape index (κ2) is 7.09. The summed E-state index contributed by atoms with van der Waals surface area (Å²) in [6.45, 7) is 1.78. The molecule has 0 fully saturated rings. The van der Waals surface area contributed by atoms with Crippen molar-refractivity contribution in [2.45, 2.75) is 6.92 Å². The molecule has 3 aromatic rings. The molecule has 9 heteroatoms. The molecule has 134 valence electrons. The minimum atomic E-state index is -0.510. The Morgan fingerprint density at radius 1 is 1.12 bits per heavy atom. The molecule has 0 bridgehead atoms. The minimum Gasteiger partial charge on any atom is -0.497 e. The number of hydrogen-bond acceptors (Lipinski definition) is 5. The average molecular weight is 354 g/mol. The van der Waals surface area contributed by atoms with E-state index in [4.69, 9.17) is 4.74 Å². The number of aryl methyl sites for hydroxylation is 2. The van der Waals surface area contributed by atoms with E-state index in [1.807, 2.05) is 12.1 Å². The van der Waals surface area contributed by atoms with Gasteiger partial charge >= 0.3 is 0 Å². The number of benzene rings is 1. The summed E-state index contributed by atoms with van der Waals surface area (Å²) in [5.41, 5.74) is 7.40. The van der Waals surface area contributed by atoms with Crippen molar-refractivity contribution in [1.29, 1.82) is 0 Å². The molecule has 0 radical (unpaired) electrons. The number of aromatic amines is 1. The van der Waals surface area contributed by atoms with Gasteiger partial charge in [0, 0.05) is 12.6 Å². The lowest BCUT2D eigenvalue weighted by atomic mass is 10.1. The lowest BCUT2D eigenvalue weighted by molar-refractivity contribution is 0.0838. The van der Waals surface area contributed by atoms with E-state index in [-0.39, 0.29) is 5.69 Å². The van der Waals surface area contributed by atoms with E-state index in [0.717, 1.165) is 11.3 Å². The first kappa shape index (κ1) is 17.2. The monoisotopic (exact) mass is 354 g/mol. The van der Waals surface area contributed by atoms with E-state index in [1.165, 1.54) is 4.68 Å². The van der Waals surface area contributed by atoms with Crippen molar-refractivity contribution < 1.29 is 14.3 Å². The molecule has 9 nitrogen and oxygen atoms in total. The first-order valence-electron chi connectivity index (χ1n) is 7.79. The number of amides is 2. The van der Waals surface area contributed by atoms with E-state index < -0.39 is 11.8 Å². The van der Waals surface area contributed by atoms with Gasteiger partial charge in [-0.2, -0.15) is 10.2 Å².